The zero-order valence-electron chi connectivity index (χ0n) is 13.8. The summed E-state index contributed by atoms with van der Waals surface area (Å²) in [4.78, 5) is 25.9. The van der Waals surface area contributed by atoms with Gasteiger partial charge in [0.05, 0.1) is 17.3 Å². The number of anilines is 1. The maximum absolute atomic E-state index is 12.9. The van der Waals surface area contributed by atoms with E-state index in [1.165, 1.54) is 18.2 Å². The lowest BCUT2D eigenvalue weighted by atomic mass is 9.99. The number of amides is 2. The smallest absolute Gasteiger partial charge is 0.313 e. The molecular weight excluding hydrogens is 429 g/mol. The molecule has 2 aliphatic rings. The third-order valence-corrected chi connectivity index (χ3v) is 5.61. The number of alkyl halides is 3. The van der Waals surface area contributed by atoms with Crippen molar-refractivity contribution in [3.05, 3.63) is 55.9 Å². The summed E-state index contributed by atoms with van der Waals surface area (Å²) in [5, 5.41) is 9.17. The Morgan fingerprint density at radius 3 is 2.78 bits per heavy atom. The van der Waals surface area contributed by atoms with Crippen LogP contribution in [0.15, 0.2) is 33.5 Å². The first kappa shape index (κ1) is 18.0. The highest BCUT2D eigenvalue weighted by Gasteiger charge is 2.44. The van der Waals surface area contributed by atoms with Gasteiger partial charge in [0, 0.05) is 22.3 Å². The van der Waals surface area contributed by atoms with Crippen LogP contribution in [0.1, 0.15) is 35.7 Å². The summed E-state index contributed by atoms with van der Waals surface area (Å²) in [5.74, 6) is 0. The first-order chi connectivity index (χ1) is 12.7. The summed E-state index contributed by atoms with van der Waals surface area (Å²) in [5.41, 5.74) is 0.695. The molecule has 0 radical (unpaired) electrons. The number of carbonyl (C=O) groups excluding carboxylic acids is 1. The summed E-state index contributed by atoms with van der Waals surface area (Å²) in [6.45, 7) is 0. The molecule has 0 aliphatic carbocycles. The summed E-state index contributed by atoms with van der Waals surface area (Å²) in [6.07, 6.45) is -2.44. The Balaban J connectivity index is 1.57. The largest absolute Gasteiger partial charge is 0.417 e. The Kier molecular flexibility index (Phi) is 4.25. The van der Waals surface area contributed by atoms with Crippen molar-refractivity contribution in [1.82, 2.24) is 15.1 Å². The van der Waals surface area contributed by atoms with E-state index < -0.39 is 17.8 Å². The van der Waals surface area contributed by atoms with Gasteiger partial charge in [-0.1, -0.05) is 15.9 Å². The predicted octanol–water partition coefficient (Wildman–Crippen LogP) is 3.84. The molecule has 0 unspecified atom stereocenters. The van der Waals surface area contributed by atoms with Crippen LogP contribution in [-0.4, -0.2) is 27.2 Å². The number of hydrogen-bond acceptors (Lipinski definition) is 3. The number of benzene rings is 1. The second-order valence-corrected chi connectivity index (χ2v) is 7.48. The van der Waals surface area contributed by atoms with Gasteiger partial charge in [0.1, 0.15) is 0 Å². The zero-order valence-corrected chi connectivity index (χ0v) is 15.4. The van der Waals surface area contributed by atoms with Gasteiger partial charge in [0.2, 0.25) is 0 Å². The number of H-pyrrole nitrogens is 1. The van der Waals surface area contributed by atoms with E-state index in [1.807, 2.05) is 0 Å². The van der Waals surface area contributed by atoms with Crippen molar-refractivity contribution in [1.29, 1.82) is 0 Å². The number of urea groups is 1. The van der Waals surface area contributed by atoms with Crippen LogP contribution in [0, 0.1) is 0 Å². The van der Waals surface area contributed by atoms with Crippen LogP contribution < -0.4 is 10.9 Å². The van der Waals surface area contributed by atoms with Crippen molar-refractivity contribution in [2.24, 2.45) is 0 Å². The molecule has 1 saturated heterocycles. The lowest BCUT2D eigenvalue weighted by Crippen LogP contribution is -2.45. The van der Waals surface area contributed by atoms with Gasteiger partial charge in [-0.2, -0.15) is 18.3 Å². The normalized spacial score (nSPS) is 21.1. The maximum atomic E-state index is 12.9. The van der Waals surface area contributed by atoms with Gasteiger partial charge >= 0.3 is 12.2 Å². The van der Waals surface area contributed by atoms with Crippen molar-refractivity contribution >= 4 is 27.6 Å². The van der Waals surface area contributed by atoms with E-state index in [4.69, 9.17) is 0 Å². The van der Waals surface area contributed by atoms with Crippen LogP contribution in [0.5, 0.6) is 0 Å². The molecule has 4 rings (SSSR count). The Morgan fingerprint density at radius 1 is 1.30 bits per heavy atom. The second kappa shape index (κ2) is 6.36. The summed E-state index contributed by atoms with van der Waals surface area (Å²) in [7, 11) is 0. The molecule has 10 heteroatoms. The minimum Gasteiger partial charge on any atom is -0.313 e. The minimum absolute atomic E-state index is 0.0658. The molecule has 6 nitrogen and oxygen atoms in total. The molecular formula is C17H14BrF3N4O2. The SMILES string of the molecule is O=C(Nc1ccc(C(F)(F)F)c(Br)c1)N1[C@H]2CC[C@@H]1c1n[nH]c(=O)cc1C2. The molecule has 2 bridgehead atoms. The Morgan fingerprint density at radius 2 is 2.07 bits per heavy atom. The summed E-state index contributed by atoms with van der Waals surface area (Å²) < 4.78 is 38.4. The number of aromatic amines is 1. The van der Waals surface area contributed by atoms with Gasteiger partial charge in [-0.15, -0.1) is 0 Å². The molecule has 27 heavy (non-hydrogen) atoms. The van der Waals surface area contributed by atoms with E-state index in [2.05, 4.69) is 31.4 Å². The molecule has 2 amide bonds. The molecule has 0 saturated carbocycles. The number of nitrogens with one attached hydrogen (secondary N) is 2. The van der Waals surface area contributed by atoms with Gasteiger partial charge in [-0.3, -0.25) is 4.79 Å². The Hall–Kier alpha value is -2.36. The molecule has 1 aromatic carbocycles. The molecule has 3 heterocycles. The Labute approximate surface area is 159 Å². The van der Waals surface area contributed by atoms with E-state index in [0.717, 1.165) is 24.5 Å². The fourth-order valence-electron chi connectivity index (χ4n) is 3.83. The van der Waals surface area contributed by atoms with Crippen LogP contribution >= 0.6 is 15.9 Å². The standard InChI is InChI=1S/C17H14BrF3N4O2/c18-12-7-9(1-3-11(12)17(19,20)21)22-16(27)25-10-2-4-13(25)15-8(5-10)6-14(26)23-24-15/h1,3,6-7,10,13H,2,4-5H2,(H,22,27)(H,23,26)/t10-,13+/m0/s1. The number of carbonyl (C=O) groups is 1. The average molecular weight is 443 g/mol. The fourth-order valence-corrected chi connectivity index (χ4v) is 4.43. The number of aromatic nitrogens is 2. The van der Waals surface area contributed by atoms with E-state index in [0.29, 0.717) is 12.1 Å². The third-order valence-electron chi connectivity index (χ3n) is 4.95. The number of rotatable bonds is 1. The molecule has 2 aliphatic heterocycles. The number of fused-ring (bicyclic) bond motifs is 4. The lowest BCUT2D eigenvalue weighted by molar-refractivity contribution is -0.138. The van der Waals surface area contributed by atoms with Crippen molar-refractivity contribution < 1.29 is 18.0 Å². The topological polar surface area (TPSA) is 78.1 Å². The third kappa shape index (κ3) is 3.22. The first-order valence-corrected chi connectivity index (χ1v) is 9.08. The van der Waals surface area contributed by atoms with Crippen LogP contribution in [0.4, 0.5) is 23.7 Å². The average Bonchev–Trinajstić information content (AvgIpc) is 2.89. The Bertz CT molecular complexity index is 975. The van der Waals surface area contributed by atoms with Gasteiger partial charge in [-0.25, -0.2) is 9.89 Å². The van der Waals surface area contributed by atoms with Crippen molar-refractivity contribution in [2.75, 3.05) is 5.32 Å². The molecule has 142 valence electrons. The fraction of sp³-hybridized carbons (Fsp3) is 0.353. The van der Waals surface area contributed by atoms with E-state index in [9.17, 15) is 22.8 Å². The quantitative estimate of drug-likeness (QED) is 0.703. The highest BCUT2D eigenvalue weighted by molar-refractivity contribution is 9.10. The van der Waals surface area contributed by atoms with Crippen molar-refractivity contribution in [3.8, 4) is 0 Å². The van der Waals surface area contributed by atoms with Crippen LogP contribution in [-0.2, 0) is 12.6 Å². The number of hydrogen-bond donors (Lipinski definition) is 2. The van der Waals surface area contributed by atoms with E-state index in [-0.39, 0.29) is 27.8 Å². The highest BCUT2D eigenvalue weighted by atomic mass is 79.9. The molecule has 1 fully saturated rings. The highest BCUT2D eigenvalue weighted by Crippen LogP contribution is 2.42. The van der Waals surface area contributed by atoms with Crippen LogP contribution in [0.3, 0.4) is 0 Å². The number of halogens is 4. The van der Waals surface area contributed by atoms with Crippen molar-refractivity contribution in [2.45, 2.75) is 37.5 Å². The molecule has 2 aromatic rings. The van der Waals surface area contributed by atoms with E-state index in [1.54, 1.807) is 4.90 Å². The predicted molar refractivity (Wildman–Crippen MR) is 94.3 cm³/mol. The first-order valence-electron chi connectivity index (χ1n) is 8.28. The second-order valence-electron chi connectivity index (χ2n) is 6.62. The van der Waals surface area contributed by atoms with Gasteiger partial charge in [0.25, 0.3) is 5.56 Å². The summed E-state index contributed by atoms with van der Waals surface area (Å²) in [6, 6.07) is 4.17. The zero-order chi connectivity index (χ0) is 19.3. The van der Waals surface area contributed by atoms with Crippen LogP contribution in [0.25, 0.3) is 0 Å². The molecule has 1 aromatic heterocycles. The molecule has 2 N–H and O–H groups in total. The van der Waals surface area contributed by atoms with Gasteiger partial charge in [0.15, 0.2) is 0 Å². The number of nitrogens with zero attached hydrogens (tertiary/aromatic N) is 2. The minimum atomic E-state index is -4.47. The monoisotopic (exact) mass is 442 g/mol. The summed E-state index contributed by atoms with van der Waals surface area (Å²) >= 11 is 2.90. The van der Waals surface area contributed by atoms with Crippen LogP contribution in [0.2, 0.25) is 0 Å². The molecule has 2 atom stereocenters. The van der Waals surface area contributed by atoms with Gasteiger partial charge < -0.3 is 10.2 Å². The van der Waals surface area contributed by atoms with Crippen molar-refractivity contribution in [3.63, 3.8) is 0 Å². The lowest BCUT2D eigenvalue weighted by Gasteiger charge is -2.35. The van der Waals surface area contributed by atoms with E-state index >= 15 is 0 Å². The maximum Gasteiger partial charge on any atom is 0.417 e. The van der Waals surface area contributed by atoms with Gasteiger partial charge in [-0.05, 0) is 43.0 Å². The molecule has 0 spiro atoms.